The molecule has 180 valence electrons. The van der Waals surface area contributed by atoms with Crippen molar-refractivity contribution < 1.29 is 14.7 Å². The largest absolute Gasteiger partial charge is 0.390 e. The third-order valence-electron chi connectivity index (χ3n) is 6.67. The molecule has 8 heteroatoms. The molecular weight excluding hydrogens is 508 g/mol. The van der Waals surface area contributed by atoms with Crippen LogP contribution in [0, 0.1) is 0 Å². The predicted octanol–water partition coefficient (Wildman–Crippen LogP) is 4.16. The highest BCUT2D eigenvalue weighted by molar-refractivity contribution is 9.10. The second kappa shape index (κ2) is 9.45. The number of hydrogen-bond donors (Lipinski definition) is 3. The van der Waals surface area contributed by atoms with E-state index < -0.39 is 17.9 Å². The third-order valence-corrected chi connectivity index (χ3v) is 7.17. The van der Waals surface area contributed by atoms with Crippen LogP contribution >= 0.6 is 15.9 Å². The van der Waals surface area contributed by atoms with Gasteiger partial charge in [0.15, 0.2) is 0 Å². The number of likely N-dealkylation sites (N-methyl/N-ethyl adjacent to an activating group) is 1. The topological polar surface area (TPSA) is 90.4 Å². The van der Waals surface area contributed by atoms with Crippen LogP contribution in [0.2, 0.25) is 0 Å². The number of nitrogens with one attached hydrogen (secondary N) is 2. The second-order valence-corrected chi connectivity index (χ2v) is 9.69. The maximum atomic E-state index is 13.1. The smallest absolute Gasteiger partial charge is 0.259 e. The van der Waals surface area contributed by atoms with Gasteiger partial charge in [-0.3, -0.25) is 14.9 Å². The van der Waals surface area contributed by atoms with Crippen molar-refractivity contribution in [2.45, 2.75) is 26.5 Å². The average molecular weight is 535 g/mol. The summed E-state index contributed by atoms with van der Waals surface area (Å²) < 4.78 is 2.84. The third kappa shape index (κ3) is 4.22. The first-order chi connectivity index (χ1) is 16.9. The summed E-state index contributed by atoms with van der Waals surface area (Å²) in [6.45, 7) is 6.81. The van der Waals surface area contributed by atoms with Crippen LogP contribution < -0.4 is 5.32 Å². The van der Waals surface area contributed by atoms with Gasteiger partial charge >= 0.3 is 0 Å². The zero-order valence-corrected chi connectivity index (χ0v) is 21.2. The Bertz CT molecular complexity index is 1480. The molecule has 7 nitrogen and oxygen atoms in total. The van der Waals surface area contributed by atoms with E-state index in [9.17, 15) is 14.7 Å². The van der Waals surface area contributed by atoms with Crippen molar-refractivity contribution in [3.05, 3.63) is 70.5 Å². The van der Waals surface area contributed by atoms with Crippen LogP contribution in [-0.2, 0) is 16.1 Å². The number of hydrogen-bond acceptors (Lipinski definition) is 4. The molecule has 0 saturated heterocycles. The molecule has 1 atom stereocenters. The van der Waals surface area contributed by atoms with Crippen molar-refractivity contribution in [2.75, 3.05) is 19.6 Å². The van der Waals surface area contributed by atoms with Crippen LogP contribution in [0.25, 0.3) is 33.0 Å². The van der Waals surface area contributed by atoms with Gasteiger partial charge < -0.3 is 19.6 Å². The molecular formula is C27H27BrN4O3. The minimum atomic E-state index is -0.580. The highest BCUT2D eigenvalue weighted by atomic mass is 79.9. The number of aromatic amines is 1. The van der Waals surface area contributed by atoms with E-state index in [4.69, 9.17) is 0 Å². The van der Waals surface area contributed by atoms with Gasteiger partial charge in [0, 0.05) is 62.9 Å². The van der Waals surface area contributed by atoms with E-state index in [1.807, 2.05) is 53.2 Å². The van der Waals surface area contributed by atoms with Crippen LogP contribution in [0.5, 0.6) is 0 Å². The molecule has 0 saturated carbocycles. The Hall–Kier alpha value is -3.20. The first kappa shape index (κ1) is 23.5. The minimum Gasteiger partial charge on any atom is -0.390 e. The van der Waals surface area contributed by atoms with Crippen molar-refractivity contribution >= 4 is 60.7 Å². The molecule has 3 N–H and O–H groups in total. The molecule has 0 fully saturated rings. The van der Waals surface area contributed by atoms with Gasteiger partial charge in [0.05, 0.1) is 17.3 Å². The fourth-order valence-electron chi connectivity index (χ4n) is 4.93. The Kier molecular flexibility index (Phi) is 6.35. The maximum absolute atomic E-state index is 13.1. The molecule has 3 heterocycles. The van der Waals surface area contributed by atoms with E-state index in [0.717, 1.165) is 39.4 Å². The van der Waals surface area contributed by atoms with E-state index in [-0.39, 0.29) is 0 Å². The summed E-state index contributed by atoms with van der Waals surface area (Å²) in [7, 11) is 0. The fraction of sp³-hybridized carbons (Fsp3) is 0.259. The van der Waals surface area contributed by atoms with E-state index in [1.54, 1.807) is 6.20 Å². The molecule has 0 spiro atoms. The quantitative estimate of drug-likeness (QED) is 0.296. The zero-order valence-electron chi connectivity index (χ0n) is 19.6. The Morgan fingerprint density at radius 2 is 1.71 bits per heavy atom. The number of amides is 2. The van der Waals surface area contributed by atoms with Crippen LogP contribution in [0.4, 0.5) is 0 Å². The average Bonchev–Trinajstić information content (AvgIpc) is 3.50. The van der Waals surface area contributed by atoms with Gasteiger partial charge in [-0.1, -0.05) is 48.0 Å². The normalized spacial score (nSPS) is 15.1. The molecule has 35 heavy (non-hydrogen) atoms. The van der Waals surface area contributed by atoms with E-state index in [0.29, 0.717) is 35.4 Å². The number of carbonyl (C=O) groups is 2. The molecule has 2 aromatic heterocycles. The van der Waals surface area contributed by atoms with Crippen molar-refractivity contribution in [3.63, 3.8) is 0 Å². The lowest BCUT2D eigenvalue weighted by Crippen LogP contribution is -2.34. The molecule has 4 aromatic rings. The van der Waals surface area contributed by atoms with Gasteiger partial charge in [-0.15, -0.1) is 0 Å². The first-order valence-corrected chi connectivity index (χ1v) is 12.6. The summed E-state index contributed by atoms with van der Waals surface area (Å²) in [6, 6.07) is 13.6. The number of benzene rings is 2. The van der Waals surface area contributed by atoms with E-state index >= 15 is 0 Å². The number of carbonyl (C=O) groups excluding carboxylic acids is 2. The van der Waals surface area contributed by atoms with Gasteiger partial charge in [0.2, 0.25) is 0 Å². The maximum Gasteiger partial charge on any atom is 0.259 e. The summed E-state index contributed by atoms with van der Waals surface area (Å²) in [5, 5.41) is 15.0. The SMILES string of the molecule is CCN(CC)CC(O)Cn1cc(C2=C(c3c[nH]c4ccccc34)C(=O)NC2=O)c2cc(Br)ccc21. The Morgan fingerprint density at radius 3 is 2.46 bits per heavy atom. The van der Waals surface area contributed by atoms with Crippen LogP contribution in [0.1, 0.15) is 25.0 Å². The van der Waals surface area contributed by atoms with E-state index in [2.05, 4.69) is 45.0 Å². The van der Waals surface area contributed by atoms with Gasteiger partial charge in [0.1, 0.15) is 0 Å². The zero-order chi connectivity index (χ0) is 24.7. The number of aliphatic hydroxyl groups is 1. The second-order valence-electron chi connectivity index (χ2n) is 8.78. The number of aromatic nitrogens is 2. The van der Waals surface area contributed by atoms with Crippen molar-refractivity contribution in [1.29, 1.82) is 0 Å². The summed E-state index contributed by atoms with van der Waals surface area (Å²) >= 11 is 3.55. The molecule has 2 amide bonds. The highest BCUT2D eigenvalue weighted by Gasteiger charge is 2.35. The number of aliphatic hydroxyl groups excluding tert-OH is 1. The molecule has 1 aliphatic heterocycles. The van der Waals surface area contributed by atoms with E-state index in [1.165, 1.54) is 0 Å². The Morgan fingerprint density at radius 1 is 1.00 bits per heavy atom. The minimum absolute atomic E-state index is 0.347. The number of halogens is 1. The van der Waals surface area contributed by atoms with Crippen LogP contribution in [-0.4, -0.2) is 57.1 Å². The van der Waals surface area contributed by atoms with Crippen molar-refractivity contribution in [1.82, 2.24) is 19.8 Å². The molecule has 0 aliphatic carbocycles. The van der Waals surface area contributed by atoms with Crippen molar-refractivity contribution in [3.8, 4) is 0 Å². The first-order valence-electron chi connectivity index (χ1n) is 11.8. The number of rotatable bonds is 8. The summed E-state index contributed by atoms with van der Waals surface area (Å²) in [4.78, 5) is 31.5. The lowest BCUT2D eigenvalue weighted by atomic mass is 9.95. The number of imide groups is 1. The monoisotopic (exact) mass is 534 g/mol. The number of H-pyrrole nitrogens is 1. The number of nitrogens with zero attached hydrogens (tertiary/aromatic N) is 2. The highest BCUT2D eigenvalue weighted by Crippen LogP contribution is 2.39. The van der Waals surface area contributed by atoms with Gasteiger partial charge in [-0.2, -0.15) is 0 Å². The number of fused-ring (bicyclic) bond motifs is 2. The predicted molar refractivity (Wildman–Crippen MR) is 142 cm³/mol. The Balaban J connectivity index is 1.67. The van der Waals surface area contributed by atoms with Gasteiger partial charge in [0.25, 0.3) is 11.8 Å². The molecule has 1 unspecified atom stereocenters. The lowest BCUT2D eigenvalue weighted by Gasteiger charge is -2.22. The molecule has 0 radical (unpaired) electrons. The Labute approximate surface area is 211 Å². The molecule has 0 bridgehead atoms. The summed E-state index contributed by atoms with van der Waals surface area (Å²) in [5.41, 5.74) is 3.84. The van der Waals surface area contributed by atoms with Gasteiger partial charge in [-0.05, 0) is 37.4 Å². The summed E-state index contributed by atoms with van der Waals surface area (Å²) in [5.74, 6) is -0.829. The number of para-hydroxylation sites is 1. The summed E-state index contributed by atoms with van der Waals surface area (Å²) in [6.07, 6.45) is 3.08. The van der Waals surface area contributed by atoms with Gasteiger partial charge in [-0.25, -0.2) is 0 Å². The van der Waals surface area contributed by atoms with Crippen molar-refractivity contribution in [2.24, 2.45) is 0 Å². The molecule has 2 aromatic carbocycles. The molecule has 1 aliphatic rings. The van der Waals surface area contributed by atoms with Crippen LogP contribution in [0.15, 0.2) is 59.3 Å². The standard InChI is InChI=1S/C27H27BrN4O3/c1-3-31(4-2)13-17(33)14-32-15-21(19-11-16(28)9-10-23(19)32)25-24(26(34)30-27(25)35)20-12-29-22-8-6-5-7-18(20)22/h5-12,15,17,29,33H,3-4,13-14H2,1-2H3,(H,30,34,35). The van der Waals surface area contributed by atoms with Crippen LogP contribution in [0.3, 0.4) is 0 Å². The fourth-order valence-corrected chi connectivity index (χ4v) is 5.29. The lowest BCUT2D eigenvalue weighted by molar-refractivity contribution is -0.122. The molecule has 5 rings (SSSR count).